The smallest absolute Gasteiger partial charge is 0.319 e. The maximum absolute atomic E-state index is 13.0. The first-order valence-electron chi connectivity index (χ1n) is 11.5. The number of nitrogens with zero attached hydrogens (tertiary/aromatic N) is 2. The number of aromatic nitrogens is 1. The van der Waals surface area contributed by atoms with Gasteiger partial charge in [-0.3, -0.25) is 19.8 Å². The number of anilines is 1. The Balaban J connectivity index is 1.58. The van der Waals surface area contributed by atoms with Crippen molar-refractivity contribution in [3.8, 4) is 0 Å². The fourth-order valence-electron chi connectivity index (χ4n) is 4.28. The molecule has 0 radical (unpaired) electrons. The Morgan fingerprint density at radius 1 is 1.21 bits per heavy atom. The summed E-state index contributed by atoms with van der Waals surface area (Å²) in [6, 6.07) is 6.58. The van der Waals surface area contributed by atoms with E-state index in [0.29, 0.717) is 28.7 Å². The number of rotatable bonds is 9. The third-order valence-corrected chi connectivity index (χ3v) is 6.42. The van der Waals surface area contributed by atoms with E-state index < -0.39 is 17.4 Å². The third kappa shape index (κ3) is 7.04. The molecule has 1 aromatic heterocycles. The molecule has 184 valence electrons. The number of pyridine rings is 1. The lowest BCUT2D eigenvalue weighted by molar-refractivity contribution is -0.141. The van der Waals surface area contributed by atoms with Gasteiger partial charge in [0.15, 0.2) is 0 Å². The van der Waals surface area contributed by atoms with Gasteiger partial charge < -0.3 is 15.5 Å². The van der Waals surface area contributed by atoms with Gasteiger partial charge in [-0.05, 0) is 48.4 Å². The molecule has 0 bridgehead atoms. The van der Waals surface area contributed by atoms with Crippen LogP contribution in [0.25, 0.3) is 10.9 Å². The van der Waals surface area contributed by atoms with Crippen LogP contribution in [-0.4, -0.2) is 52.6 Å². The van der Waals surface area contributed by atoms with Crippen molar-refractivity contribution in [3.05, 3.63) is 35.5 Å². The van der Waals surface area contributed by atoms with Gasteiger partial charge in [-0.15, -0.1) is 0 Å². The van der Waals surface area contributed by atoms with E-state index in [1.807, 2.05) is 19.9 Å². The molecule has 1 heterocycles. The third-order valence-electron chi connectivity index (χ3n) is 6.09. The largest absolute Gasteiger partial charge is 0.337 e. The van der Waals surface area contributed by atoms with Crippen LogP contribution < -0.4 is 16.1 Å². The lowest BCUT2D eigenvalue weighted by Crippen LogP contribution is -2.45. The predicted molar refractivity (Wildman–Crippen MR) is 131 cm³/mol. The maximum Gasteiger partial charge on any atom is 0.319 e. The highest BCUT2D eigenvalue weighted by molar-refractivity contribution is 6.35. The lowest BCUT2D eigenvalue weighted by Gasteiger charge is -2.30. The second-order valence-electron chi connectivity index (χ2n) is 9.60. The molecule has 9 nitrogen and oxygen atoms in total. The van der Waals surface area contributed by atoms with E-state index in [2.05, 4.69) is 15.6 Å². The molecule has 1 aliphatic carbocycles. The first kappa shape index (κ1) is 25.7. The van der Waals surface area contributed by atoms with Gasteiger partial charge in [0.25, 0.3) is 5.91 Å². The van der Waals surface area contributed by atoms with Gasteiger partial charge in [-0.1, -0.05) is 38.3 Å². The summed E-state index contributed by atoms with van der Waals surface area (Å²) >= 11 is 6.21. The average Bonchev–Trinajstić information content (AvgIpc) is 3.32. The second-order valence-corrected chi connectivity index (χ2v) is 10.0. The number of benzene rings is 1. The molecule has 3 rings (SSSR count). The quantitative estimate of drug-likeness (QED) is 0.313. The Labute approximate surface area is 204 Å². The van der Waals surface area contributed by atoms with Crippen molar-refractivity contribution in [2.45, 2.75) is 46.0 Å². The molecule has 34 heavy (non-hydrogen) atoms. The number of amides is 4. The molecule has 0 aliphatic heterocycles. The van der Waals surface area contributed by atoms with E-state index in [-0.39, 0.29) is 25.4 Å². The van der Waals surface area contributed by atoms with E-state index in [0.717, 1.165) is 31.1 Å². The Kier molecular flexibility index (Phi) is 8.68. The molecule has 2 aromatic rings. The monoisotopic (exact) mass is 489 g/mol. The number of hydroxylamine groups is 1. The molecule has 1 fully saturated rings. The number of fused-ring (bicyclic) bond motifs is 1. The van der Waals surface area contributed by atoms with Crippen LogP contribution in [0, 0.1) is 11.3 Å². The molecule has 4 amide bonds. The number of halogens is 1. The number of carbonyl (C=O) groups is 3. The number of carbonyl (C=O) groups excluding carboxylic acids is 3. The summed E-state index contributed by atoms with van der Waals surface area (Å²) in [7, 11) is 0. The first-order chi connectivity index (χ1) is 16.2. The molecule has 0 saturated heterocycles. The molecular weight excluding hydrogens is 458 g/mol. The minimum absolute atomic E-state index is 0.143. The zero-order valence-electron chi connectivity index (χ0n) is 19.6. The van der Waals surface area contributed by atoms with E-state index in [4.69, 9.17) is 16.8 Å². The first-order valence-corrected chi connectivity index (χ1v) is 11.8. The van der Waals surface area contributed by atoms with Crippen LogP contribution in [-0.2, 0) is 9.59 Å². The van der Waals surface area contributed by atoms with Gasteiger partial charge in [0, 0.05) is 31.1 Å². The van der Waals surface area contributed by atoms with Crippen molar-refractivity contribution < 1.29 is 19.6 Å². The summed E-state index contributed by atoms with van der Waals surface area (Å²) in [4.78, 5) is 43.1. The van der Waals surface area contributed by atoms with Crippen molar-refractivity contribution in [2.75, 3.05) is 25.0 Å². The van der Waals surface area contributed by atoms with Gasteiger partial charge in [-0.2, -0.15) is 0 Å². The van der Waals surface area contributed by atoms with Crippen molar-refractivity contribution >= 4 is 46.0 Å². The second kappa shape index (κ2) is 11.5. The molecule has 10 heteroatoms. The SMILES string of the molecule is CC(C)(CNC(=O)Nc1ccc(Cl)c2cccnc12)CC(=O)N(CC(=O)NO)CC1CCCC1. The molecule has 1 aliphatic rings. The molecule has 0 unspecified atom stereocenters. The highest BCUT2D eigenvalue weighted by Gasteiger charge is 2.29. The van der Waals surface area contributed by atoms with Gasteiger partial charge >= 0.3 is 6.03 Å². The Morgan fingerprint density at radius 3 is 2.65 bits per heavy atom. The Bertz CT molecular complexity index is 1040. The fraction of sp³-hybridized carbons (Fsp3) is 0.500. The molecule has 1 saturated carbocycles. The number of hydrogen-bond acceptors (Lipinski definition) is 5. The van der Waals surface area contributed by atoms with Crippen LogP contribution in [0.15, 0.2) is 30.5 Å². The summed E-state index contributed by atoms with van der Waals surface area (Å²) in [6.45, 7) is 4.31. The van der Waals surface area contributed by atoms with Gasteiger partial charge in [-0.25, -0.2) is 10.3 Å². The number of nitrogens with one attached hydrogen (secondary N) is 3. The lowest BCUT2D eigenvalue weighted by atomic mass is 9.88. The molecule has 1 aromatic carbocycles. The van der Waals surface area contributed by atoms with Crippen LogP contribution in [0.2, 0.25) is 5.02 Å². The predicted octanol–water partition coefficient (Wildman–Crippen LogP) is 3.95. The van der Waals surface area contributed by atoms with Crippen molar-refractivity contribution in [1.29, 1.82) is 0 Å². The summed E-state index contributed by atoms with van der Waals surface area (Å²) in [6.07, 6.45) is 6.09. The summed E-state index contributed by atoms with van der Waals surface area (Å²) in [5.41, 5.74) is 2.17. The topological polar surface area (TPSA) is 124 Å². The zero-order chi connectivity index (χ0) is 24.7. The zero-order valence-corrected chi connectivity index (χ0v) is 20.3. The highest BCUT2D eigenvalue weighted by Crippen LogP contribution is 2.29. The molecule has 0 spiro atoms. The highest BCUT2D eigenvalue weighted by atomic mass is 35.5. The standard InChI is InChI=1S/C24H32ClN5O4/c1-24(2,12-21(32)30(14-20(31)29-34)13-16-6-3-4-7-16)15-27-23(33)28-19-10-9-18(25)17-8-5-11-26-22(17)19/h5,8-11,16,34H,3-4,6-7,12-15H2,1-2H3,(H,29,31)(H2,27,28,33). The van der Waals surface area contributed by atoms with Crippen LogP contribution in [0.4, 0.5) is 10.5 Å². The van der Waals surface area contributed by atoms with Crippen molar-refractivity contribution in [1.82, 2.24) is 20.7 Å². The van der Waals surface area contributed by atoms with Gasteiger partial charge in [0.05, 0.1) is 16.2 Å². The normalized spacial score (nSPS) is 14.1. The van der Waals surface area contributed by atoms with E-state index in [1.165, 1.54) is 4.90 Å². The molecule has 0 atom stereocenters. The van der Waals surface area contributed by atoms with Crippen molar-refractivity contribution in [2.24, 2.45) is 11.3 Å². The minimum atomic E-state index is -0.620. The van der Waals surface area contributed by atoms with E-state index >= 15 is 0 Å². The fourth-order valence-corrected chi connectivity index (χ4v) is 4.49. The Hall–Kier alpha value is -2.91. The summed E-state index contributed by atoms with van der Waals surface area (Å²) in [5.74, 6) is -0.439. The summed E-state index contributed by atoms with van der Waals surface area (Å²) in [5, 5.41) is 15.8. The van der Waals surface area contributed by atoms with Crippen molar-refractivity contribution in [3.63, 3.8) is 0 Å². The summed E-state index contributed by atoms with van der Waals surface area (Å²) < 4.78 is 0. The van der Waals surface area contributed by atoms with Gasteiger partial charge in [0.2, 0.25) is 5.91 Å². The Morgan fingerprint density at radius 2 is 1.94 bits per heavy atom. The molecule has 4 N–H and O–H groups in total. The maximum atomic E-state index is 13.0. The molecular formula is C24H32ClN5O4. The van der Waals surface area contributed by atoms with Crippen LogP contribution >= 0.6 is 11.6 Å². The minimum Gasteiger partial charge on any atom is -0.337 e. The van der Waals surface area contributed by atoms with E-state index in [9.17, 15) is 14.4 Å². The average molecular weight is 490 g/mol. The van der Waals surface area contributed by atoms with Crippen LogP contribution in [0.1, 0.15) is 46.0 Å². The van der Waals surface area contributed by atoms with Crippen LogP contribution in [0.5, 0.6) is 0 Å². The number of hydrogen-bond donors (Lipinski definition) is 4. The van der Waals surface area contributed by atoms with E-state index in [1.54, 1.807) is 29.9 Å². The van der Waals surface area contributed by atoms with Crippen LogP contribution in [0.3, 0.4) is 0 Å². The number of urea groups is 1. The van der Waals surface area contributed by atoms with Gasteiger partial charge in [0.1, 0.15) is 6.54 Å².